The van der Waals surface area contributed by atoms with Crippen molar-refractivity contribution in [3.8, 4) is 11.1 Å². The SMILES string of the molecule is CCc1c(C)c(C)c(C)c(-c2ccccc2)c1C. The molecular weight excluding hydrogens is 216 g/mol. The van der Waals surface area contributed by atoms with Gasteiger partial charge in [-0.2, -0.15) is 0 Å². The predicted octanol–water partition coefficient (Wildman–Crippen LogP) is 5.15. The fourth-order valence-corrected chi connectivity index (χ4v) is 2.98. The van der Waals surface area contributed by atoms with Gasteiger partial charge in [0.25, 0.3) is 0 Å². The van der Waals surface area contributed by atoms with Crippen molar-refractivity contribution < 1.29 is 0 Å². The molecule has 0 atom stereocenters. The third-order valence-electron chi connectivity index (χ3n) is 4.20. The van der Waals surface area contributed by atoms with E-state index >= 15 is 0 Å². The molecule has 0 aliphatic heterocycles. The summed E-state index contributed by atoms with van der Waals surface area (Å²) in [7, 11) is 0. The molecule has 2 aromatic carbocycles. The average molecular weight is 238 g/mol. The Balaban J connectivity index is 2.80. The van der Waals surface area contributed by atoms with Gasteiger partial charge in [-0.3, -0.25) is 0 Å². The summed E-state index contributed by atoms with van der Waals surface area (Å²) in [5.41, 5.74) is 10.1. The van der Waals surface area contributed by atoms with E-state index in [9.17, 15) is 0 Å². The van der Waals surface area contributed by atoms with Gasteiger partial charge < -0.3 is 0 Å². The van der Waals surface area contributed by atoms with Gasteiger partial charge in [-0.15, -0.1) is 0 Å². The molecule has 0 N–H and O–H groups in total. The highest BCUT2D eigenvalue weighted by atomic mass is 14.2. The molecule has 0 aliphatic rings. The molecule has 0 saturated heterocycles. The molecule has 0 spiro atoms. The summed E-state index contributed by atoms with van der Waals surface area (Å²) in [6, 6.07) is 10.7. The van der Waals surface area contributed by atoms with Crippen LogP contribution in [-0.4, -0.2) is 0 Å². The Labute approximate surface area is 111 Å². The van der Waals surface area contributed by atoms with Crippen molar-refractivity contribution in [1.29, 1.82) is 0 Å². The smallest absolute Gasteiger partial charge is 0.0120 e. The van der Waals surface area contributed by atoms with E-state index in [1.54, 1.807) is 0 Å². The summed E-state index contributed by atoms with van der Waals surface area (Å²) in [5, 5.41) is 0. The molecule has 0 bridgehead atoms. The van der Waals surface area contributed by atoms with Crippen LogP contribution in [0.25, 0.3) is 11.1 Å². The lowest BCUT2D eigenvalue weighted by atomic mass is 9.85. The van der Waals surface area contributed by atoms with Crippen molar-refractivity contribution in [2.24, 2.45) is 0 Å². The molecule has 2 aromatic rings. The van der Waals surface area contributed by atoms with Gasteiger partial charge in [-0.1, -0.05) is 37.3 Å². The molecule has 94 valence electrons. The molecule has 0 amide bonds. The molecule has 0 unspecified atom stereocenters. The maximum Gasteiger partial charge on any atom is -0.0120 e. The van der Waals surface area contributed by atoms with Crippen molar-refractivity contribution in [1.82, 2.24) is 0 Å². The molecule has 0 radical (unpaired) electrons. The Kier molecular flexibility index (Phi) is 3.56. The van der Waals surface area contributed by atoms with Gasteiger partial charge in [-0.25, -0.2) is 0 Å². The second kappa shape index (κ2) is 4.97. The van der Waals surface area contributed by atoms with E-state index in [1.807, 2.05) is 0 Å². The number of hydrogen-bond acceptors (Lipinski definition) is 0. The zero-order valence-corrected chi connectivity index (χ0v) is 12.1. The lowest BCUT2D eigenvalue weighted by Crippen LogP contribution is -2.01. The van der Waals surface area contributed by atoms with Crippen LogP contribution >= 0.6 is 0 Å². The first-order valence-electron chi connectivity index (χ1n) is 6.72. The fourth-order valence-electron chi connectivity index (χ4n) is 2.98. The molecular formula is C18H22. The highest BCUT2D eigenvalue weighted by Gasteiger charge is 2.14. The van der Waals surface area contributed by atoms with Gasteiger partial charge in [0, 0.05) is 0 Å². The Bertz CT molecular complexity index is 563. The van der Waals surface area contributed by atoms with Crippen molar-refractivity contribution >= 4 is 0 Å². The summed E-state index contributed by atoms with van der Waals surface area (Å²) in [6.07, 6.45) is 1.11. The highest BCUT2D eigenvalue weighted by molar-refractivity contribution is 5.74. The molecule has 0 fully saturated rings. The van der Waals surface area contributed by atoms with Gasteiger partial charge in [0.15, 0.2) is 0 Å². The summed E-state index contributed by atoms with van der Waals surface area (Å²) < 4.78 is 0. The number of rotatable bonds is 2. The van der Waals surface area contributed by atoms with Gasteiger partial charge >= 0.3 is 0 Å². The largest absolute Gasteiger partial charge is 0.0622 e. The summed E-state index contributed by atoms with van der Waals surface area (Å²) in [6.45, 7) is 11.3. The monoisotopic (exact) mass is 238 g/mol. The zero-order valence-electron chi connectivity index (χ0n) is 12.1. The van der Waals surface area contributed by atoms with Crippen LogP contribution in [0.2, 0.25) is 0 Å². The minimum Gasteiger partial charge on any atom is -0.0622 e. The van der Waals surface area contributed by atoms with Gasteiger partial charge in [0.05, 0.1) is 0 Å². The molecule has 0 nitrogen and oxygen atoms in total. The first kappa shape index (κ1) is 12.9. The van der Waals surface area contributed by atoms with Crippen LogP contribution in [0, 0.1) is 27.7 Å². The second-order valence-corrected chi connectivity index (χ2v) is 5.07. The minimum absolute atomic E-state index is 1.11. The number of hydrogen-bond donors (Lipinski definition) is 0. The standard InChI is InChI=1S/C18H22/c1-6-17-13(3)12(2)14(4)18(15(17)5)16-10-8-7-9-11-16/h7-11H,6H2,1-5H3. The summed E-state index contributed by atoms with van der Waals surface area (Å²) in [5.74, 6) is 0. The first-order valence-corrected chi connectivity index (χ1v) is 6.72. The van der Waals surface area contributed by atoms with Crippen molar-refractivity contribution in [2.45, 2.75) is 41.0 Å². The van der Waals surface area contributed by atoms with Crippen LogP contribution in [0.5, 0.6) is 0 Å². The van der Waals surface area contributed by atoms with Crippen molar-refractivity contribution in [3.05, 3.63) is 58.1 Å². The Morgan fingerprint density at radius 3 is 1.89 bits per heavy atom. The molecule has 0 saturated carbocycles. The van der Waals surface area contributed by atoms with Gasteiger partial charge in [-0.05, 0) is 73.1 Å². The maximum atomic E-state index is 2.26. The molecule has 0 heteroatoms. The normalized spacial score (nSPS) is 10.7. The lowest BCUT2D eigenvalue weighted by molar-refractivity contribution is 1.06. The van der Waals surface area contributed by atoms with Crippen LogP contribution in [-0.2, 0) is 6.42 Å². The van der Waals surface area contributed by atoms with Crippen LogP contribution in [0.1, 0.15) is 34.7 Å². The topological polar surface area (TPSA) is 0 Å². The van der Waals surface area contributed by atoms with Crippen LogP contribution < -0.4 is 0 Å². The molecule has 2 rings (SSSR count). The Morgan fingerprint density at radius 1 is 0.722 bits per heavy atom. The summed E-state index contributed by atoms with van der Waals surface area (Å²) >= 11 is 0. The van der Waals surface area contributed by atoms with Crippen LogP contribution in [0.4, 0.5) is 0 Å². The Hall–Kier alpha value is -1.56. The van der Waals surface area contributed by atoms with E-state index in [0.717, 1.165) is 6.42 Å². The summed E-state index contributed by atoms with van der Waals surface area (Å²) in [4.78, 5) is 0. The molecule has 0 aromatic heterocycles. The van der Waals surface area contributed by atoms with Crippen molar-refractivity contribution in [3.63, 3.8) is 0 Å². The molecule has 0 heterocycles. The van der Waals surface area contributed by atoms with E-state index < -0.39 is 0 Å². The van der Waals surface area contributed by atoms with E-state index in [1.165, 1.54) is 38.9 Å². The van der Waals surface area contributed by atoms with E-state index in [2.05, 4.69) is 65.0 Å². The van der Waals surface area contributed by atoms with E-state index in [-0.39, 0.29) is 0 Å². The van der Waals surface area contributed by atoms with Crippen molar-refractivity contribution in [2.75, 3.05) is 0 Å². The minimum atomic E-state index is 1.11. The van der Waals surface area contributed by atoms with Crippen LogP contribution in [0.3, 0.4) is 0 Å². The lowest BCUT2D eigenvalue weighted by Gasteiger charge is -2.20. The second-order valence-electron chi connectivity index (χ2n) is 5.07. The maximum absolute atomic E-state index is 2.26. The third kappa shape index (κ3) is 1.96. The quantitative estimate of drug-likeness (QED) is 0.678. The third-order valence-corrected chi connectivity index (χ3v) is 4.20. The predicted molar refractivity (Wildman–Crippen MR) is 80.2 cm³/mol. The van der Waals surface area contributed by atoms with Gasteiger partial charge in [0.2, 0.25) is 0 Å². The highest BCUT2D eigenvalue weighted by Crippen LogP contribution is 2.34. The van der Waals surface area contributed by atoms with E-state index in [0.29, 0.717) is 0 Å². The average Bonchev–Trinajstić information content (AvgIpc) is 2.38. The Morgan fingerprint density at radius 2 is 1.33 bits per heavy atom. The van der Waals surface area contributed by atoms with Gasteiger partial charge in [0.1, 0.15) is 0 Å². The molecule has 0 aliphatic carbocycles. The zero-order chi connectivity index (χ0) is 13.3. The molecule has 18 heavy (non-hydrogen) atoms. The number of benzene rings is 2. The van der Waals surface area contributed by atoms with Crippen LogP contribution in [0.15, 0.2) is 30.3 Å². The van der Waals surface area contributed by atoms with E-state index in [4.69, 9.17) is 0 Å². The fraction of sp³-hybridized carbons (Fsp3) is 0.333. The first-order chi connectivity index (χ1) is 8.57.